The molecule has 1 aromatic heterocycles. The molecule has 2 rings (SSSR count). The number of carboxylic acids is 1. The minimum Gasteiger partial charge on any atom is -0.481 e. The van der Waals surface area contributed by atoms with E-state index >= 15 is 0 Å². The monoisotopic (exact) mass is 310 g/mol. The van der Waals surface area contributed by atoms with Crippen molar-refractivity contribution in [1.29, 1.82) is 0 Å². The predicted octanol–water partition coefficient (Wildman–Crippen LogP) is 1.19. The lowest BCUT2D eigenvalue weighted by molar-refractivity contribution is -0.141. The molecule has 0 radical (unpaired) electrons. The number of carbonyl (C=O) groups excluding carboxylic acids is 2. The topological polar surface area (TPSA) is 86.7 Å². The van der Waals surface area contributed by atoms with Crippen LogP contribution in [0.3, 0.4) is 0 Å². The minimum absolute atomic E-state index is 0.0751. The summed E-state index contributed by atoms with van der Waals surface area (Å²) in [6, 6.07) is 3.05. The summed E-state index contributed by atoms with van der Waals surface area (Å²) in [5.74, 6) is -2.00. The molecule has 2 atom stereocenters. The molecule has 7 heteroatoms. The molecule has 1 aromatic rings. The zero-order valence-electron chi connectivity index (χ0n) is 11.7. The molecule has 0 aromatic carbocycles. The Hall–Kier alpha value is -1.89. The van der Waals surface area contributed by atoms with Gasteiger partial charge in [-0.25, -0.2) is 0 Å². The van der Waals surface area contributed by atoms with Crippen LogP contribution in [0, 0.1) is 5.92 Å². The number of hydrogen-bond donors (Lipinski definition) is 2. The largest absolute Gasteiger partial charge is 0.481 e. The van der Waals surface area contributed by atoms with E-state index in [0.717, 1.165) is 6.42 Å². The summed E-state index contributed by atoms with van der Waals surface area (Å²) in [5.41, 5.74) is 0. The minimum atomic E-state index is -0.951. The highest BCUT2D eigenvalue weighted by molar-refractivity contribution is 7.12. The number of carboxylic acid groups (broad SMARTS) is 1. The Labute approximate surface area is 126 Å². The molecule has 21 heavy (non-hydrogen) atoms. The second kappa shape index (κ2) is 6.71. The Balaban J connectivity index is 1.96. The summed E-state index contributed by atoms with van der Waals surface area (Å²) in [7, 11) is 0. The first-order valence-corrected chi connectivity index (χ1v) is 7.73. The Bertz CT molecular complexity index is 529. The van der Waals surface area contributed by atoms with Gasteiger partial charge in [-0.15, -0.1) is 11.3 Å². The van der Waals surface area contributed by atoms with Gasteiger partial charge in [0.25, 0.3) is 5.91 Å². The second-order valence-corrected chi connectivity index (χ2v) is 6.07. The molecule has 1 fully saturated rings. The Morgan fingerprint density at radius 2 is 2.29 bits per heavy atom. The summed E-state index contributed by atoms with van der Waals surface area (Å²) in [4.78, 5) is 37.4. The van der Waals surface area contributed by atoms with Crippen molar-refractivity contribution >= 4 is 29.1 Å². The van der Waals surface area contributed by atoms with Gasteiger partial charge in [0, 0.05) is 13.1 Å². The lowest BCUT2D eigenvalue weighted by Crippen LogP contribution is -2.47. The van der Waals surface area contributed by atoms with E-state index < -0.39 is 17.9 Å². The SMILES string of the molecule is CC(CNC(=O)C1CCCN1C(=O)c1cccs1)C(=O)O. The van der Waals surface area contributed by atoms with Crippen molar-refractivity contribution in [1.82, 2.24) is 10.2 Å². The molecular formula is C14H18N2O4S. The zero-order valence-corrected chi connectivity index (χ0v) is 12.6. The number of carbonyl (C=O) groups is 3. The van der Waals surface area contributed by atoms with E-state index in [2.05, 4.69) is 5.32 Å². The van der Waals surface area contributed by atoms with Gasteiger partial charge in [-0.3, -0.25) is 14.4 Å². The Morgan fingerprint density at radius 1 is 1.52 bits per heavy atom. The molecular weight excluding hydrogens is 292 g/mol. The first-order valence-electron chi connectivity index (χ1n) is 6.85. The number of hydrogen-bond acceptors (Lipinski definition) is 4. The third kappa shape index (κ3) is 3.60. The van der Waals surface area contributed by atoms with Crippen molar-refractivity contribution in [2.75, 3.05) is 13.1 Å². The van der Waals surface area contributed by atoms with Crippen LogP contribution in [-0.2, 0) is 9.59 Å². The second-order valence-electron chi connectivity index (χ2n) is 5.12. The molecule has 0 saturated carbocycles. The van der Waals surface area contributed by atoms with Crippen LogP contribution >= 0.6 is 11.3 Å². The molecule has 0 aliphatic carbocycles. The summed E-state index contributed by atoms with van der Waals surface area (Å²) in [6.07, 6.45) is 1.40. The van der Waals surface area contributed by atoms with Crippen LogP contribution in [0.25, 0.3) is 0 Å². The first kappa shape index (κ1) is 15.5. The van der Waals surface area contributed by atoms with E-state index in [0.29, 0.717) is 17.8 Å². The van der Waals surface area contributed by atoms with Crippen molar-refractivity contribution < 1.29 is 19.5 Å². The van der Waals surface area contributed by atoms with Crippen LogP contribution in [0.1, 0.15) is 29.4 Å². The maximum absolute atomic E-state index is 12.3. The van der Waals surface area contributed by atoms with Gasteiger partial charge in [-0.2, -0.15) is 0 Å². The summed E-state index contributed by atoms with van der Waals surface area (Å²) < 4.78 is 0. The number of aliphatic carboxylic acids is 1. The molecule has 1 aliphatic heterocycles. The number of nitrogens with one attached hydrogen (secondary N) is 1. The number of rotatable bonds is 5. The number of likely N-dealkylation sites (tertiary alicyclic amines) is 1. The molecule has 6 nitrogen and oxygen atoms in total. The summed E-state index contributed by atoms with van der Waals surface area (Å²) in [5, 5.41) is 13.3. The lowest BCUT2D eigenvalue weighted by Gasteiger charge is -2.23. The molecule has 0 bridgehead atoms. The third-order valence-corrected chi connectivity index (χ3v) is 4.41. The van der Waals surface area contributed by atoms with E-state index in [4.69, 9.17) is 5.11 Å². The summed E-state index contributed by atoms with van der Waals surface area (Å²) in [6.45, 7) is 2.17. The highest BCUT2D eigenvalue weighted by atomic mass is 32.1. The van der Waals surface area contributed by atoms with Gasteiger partial charge >= 0.3 is 5.97 Å². The highest BCUT2D eigenvalue weighted by Crippen LogP contribution is 2.22. The smallest absolute Gasteiger partial charge is 0.308 e. The molecule has 2 amide bonds. The molecule has 0 spiro atoms. The van der Waals surface area contributed by atoms with Gasteiger partial charge in [0.1, 0.15) is 6.04 Å². The molecule has 1 aliphatic rings. The maximum atomic E-state index is 12.3. The van der Waals surface area contributed by atoms with Gasteiger partial charge in [-0.05, 0) is 24.3 Å². The quantitative estimate of drug-likeness (QED) is 0.855. The molecule has 2 unspecified atom stereocenters. The fourth-order valence-electron chi connectivity index (χ4n) is 2.28. The Kier molecular flexibility index (Phi) is 4.95. The van der Waals surface area contributed by atoms with Gasteiger partial charge in [-0.1, -0.05) is 13.0 Å². The lowest BCUT2D eigenvalue weighted by atomic mass is 10.1. The van der Waals surface area contributed by atoms with E-state index in [1.807, 2.05) is 5.38 Å². The number of amides is 2. The third-order valence-electron chi connectivity index (χ3n) is 3.55. The number of thiophene rings is 1. The van der Waals surface area contributed by atoms with Crippen LogP contribution in [0.15, 0.2) is 17.5 Å². The van der Waals surface area contributed by atoms with Crippen molar-refractivity contribution in [3.05, 3.63) is 22.4 Å². The van der Waals surface area contributed by atoms with Crippen LogP contribution in [0.5, 0.6) is 0 Å². The molecule has 2 heterocycles. The predicted molar refractivity (Wildman–Crippen MR) is 78.2 cm³/mol. The highest BCUT2D eigenvalue weighted by Gasteiger charge is 2.34. The van der Waals surface area contributed by atoms with Crippen LogP contribution in [0.4, 0.5) is 0 Å². The average Bonchev–Trinajstić information content (AvgIpc) is 3.13. The van der Waals surface area contributed by atoms with E-state index in [-0.39, 0.29) is 18.4 Å². The van der Waals surface area contributed by atoms with E-state index in [9.17, 15) is 14.4 Å². The number of nitrogens with zero attached hydrogens (tertiary/aromatic N) is 1. The van der Waals surface area contributed by atoms with Crippen LogP contribution in [-0.4, -0.2) is 46.9 Å². The van der Waals surface area contributed by atoms with Gasteiger partial charge in [0.15, 0.2) is 0 Å². The standard InChI is InChI=1S/C14H18N2O4S/c1-9(14(19)20)8-15-12(17)10-4-2-6-16(10)13(18)11-5-3-7-21-11/h3,5,7,9-10H,2,4,6,8H2,1H3,(H,15,17)(H,19,20). The van der Waals surface area contributed by atoms with Crippen molar-refractivity contribution in [2.24, 2.45) is 5.92 Å². The van der Waals surface area contributed by atoms with Crippen LogP contribution in [0.2, 0.25) is 0 Å². The van der Waals surface area contributed by atoms with E-state index in [1.54, 1.807) is 17.0 Å². The fourth-order valence-corrected chi connectivity index (χ4v) is 2.96. The molecule has 2 N–H and O–H groups in total. The van der Waals surface area contributed by atoms with Gasteiger partial charge in [0.05, 0.1) is 10.8 Å². The summed E-state index contributed by atoms with van der Waals surface area (Å²) >= 11 is 1.35. The zero-order chi connectivity index (χ0) is 15.4. The van der Waals surface area contributed by atoms with Crippen molar-refractivity contribution in [3.8, 4) is 0 Å². The Morgan fingerprint density at radius 3 is 2.90 bits per heavy atom. The normalized spacial score (nSPS) is 19.3. The van der Waals surface area contributed by atoms with E-state index in [1.165, 1.54) is 18.3 Å². The first-order chi connectivity index (χ1) is 10.0. The molecule has 1 saturated heterocycles. The van der Waals surface area contributed by atoms with Gasteiger partial charge in [0.2, 0.25) is 5.91 Å². The van der Waals surface area contributed by atoms with Crippen LogP contribution < -0.4 is 5.32 Å². The van der Waals surface area contributed by atoms with Gasteiger partial charge < -0.3 is 15.3 Å². The average molecular weight is 310 g/mol. The van der Waals surface area contributed by atoms with Crippen molar-refractivity contribution in [3.63, 3.8) is 0 Å². The molecule has 114 valence electrons. The maximum Gasteiger partial charge on any atom is 0.308 e. The van der Waals surface area contributed by atoms with Crippen molar-refractivity contribution in [2.45, 2.75) is 25.8 Å². The fraction of sp³-hybridized carbons (Fsp3) is 0.500.